The maximum atomic E-state index is 12.7. The molecule has 0 radical (unpaired) electrons. The van der Waals surface area contributed by atoms with Crippen LogP contribution in [0.15, 0.2) is 30.5 Å². The molecular weight excluding hydrogens is 286 g/mol. The van der Waals surface area contributed by atoms with Crippen LogP contribution in [0, 0.1) is 26.7 Å². The molecule has 1 saturated heterocycles. The molecule has 0 spiro atoms. The van der Waals surface area contributed by atoms with E-state index in [-0.39, 0.29) is 5.91 Å². The summed E-state index contributed by atoms with van der Waals surface area (Å²) in [4.78, 5) is 19.1. The van der Waals surface area contributed by atoms with Crippen LogP contribution >= 0.6 is 0 Å². The zero-order valence-electron chi connectivity index (χ0n) is 14.2. The molecule has 1 aromatic carbocycles. The lowest BCUT2D eigenvalue weighted by Gasteiger charge is -2.33. The molecule has 1 aliphatic heterocycles. The predicted octanol–water partition coefficient (Wildman–Crippen LogP) is 3.36. The van der Waals surface area contributed by atoms with Crippen molar-refractivity contribution >= 4 is 5.91 Å². The van der Waals surface area contributed by atoms with Crippen LogP contribution in [0.25, 0.3) is 0 Å². The van der Waals surface area contributed by atoms with Gasteiger partial charge in [0.05, 0.1) is 0 Å². The summed E-state index contributed by atoms with van der Waals surface area (Å²) in [6.07, 6.45) is 4.18. The van der Waals surface area contributed by atoms with Crippen LogP contribution in [0.3, 0.4) is 0 Å². The van der Waals surface area contributed by atoms with Crippen LogP contribution < -0.4 is 0 Å². The van der Waals surface area contributed by atoms with Gasteiger partial charge in [0.2, 0.25) is 0 Å². The molecule has 4 heteroatoms. The Labute approximate surface area is 138 Å². The minimum absolute atomic E-state index is 0.164. The molecule has 1 aromatic heterocycles. The Morgan fingerprint density at radius 1 is 1.30 bits per heavy atom. The highest BCUT2D eigenvalue weighted by atomic mass is 16.2. The molecular formula is C19H25N3O. The summed E-state index contributed by atoms with van der Waals surface area (Å²) < 4.78 is 2.27. The van der Waals surface area contributed by atoms with Gasteiger partial charge >= 0.3 is 0 Å². The summed E-state index contributed by atoms with van der Waals surface area (Å²) in [6.45, 7) is 8.83. The molecule has 1 fully saturated rings. The first kappa shape index (κ1) is 15.8. The number of rotatable bonds is 3. The number of piperidine rings is 1. The van der Waals surface area contributed by atoms with E-state index in [1.165, 1.54) is 12.1 Å². The van der Waals surface area contributed by atoms with Crippen LogP contribution in [0.1, 0.15) is 40.3 Å². The van der Waals surface area contributed by atoms with Gasteiger partial charge in [0.25, 0.3) is 5.91 Å². The topological polar surface area (TPSA) is 38.1 Å². The fourth-order valence-electron chi connectivity index (χ4n) is 3.47. The Balaban J connectivity index is 1.70. The predicted molar refractivity (Wildman–Crippen MR) is 91.5 cm³/mol. The highest BCUT2D eigenvalue weighted by molar-refractivity contribution is 5.94. The Hall–Kier alpha value is -2.10. The van der Waals surface area contributed by atoms with Crippen LogP contribution in [-0.2, 0) is 6.54 Å². The number of amides is 1. The summed E-state index contributed by atoms with van der Waals surface area (Å²) in [5.41, 5.74) is 3.14. The van der Waals surface area contributed by atoms with Crippen molar-refractivity contribution < 1.29 is 4.79 Å². The third-order valence-corrected chi connectivity index (χ3v) is 4.77. The molecule has 4 nitrogen and oxygen atoms in total. The van der Waals surface area contributed by atoms with Crippen molar-refractivity contribution in [2.45, 2.75) is 40.2 Å². The van der Waals surface area contributed by atoms with E-state index >= 15 is 0 Å². The van der Waals surface area contributed by atoms with Gasteiger partial charge in [-0.1, -0.05) is 17.7 Å². The standard InChI is InChI=1S/C19H25N3O/c1-14-6-4-8-18(10-14)19(23)21-9-5-7-17(12-21)13-22-15(2)11-20-16(22)3/h4,6,8,10-11,17H,5,7,9,12-13H2,1-3H3. The van der Waals surface area contributed by atoms with Gasteiger partial charge in [-0.25, -0.2) is 4.98 Å². The maximum absolute atomic E-state index is 12.7. The average molecular weight is 311 g/mol. The van der Waals surface area contributed by atoms with Crippen molar-refractivity contribution in [1.82, 2.24) is 14.5 Å². The summed E-state index contributed by atoms with van der Waals surface area (Å²) >= 11 is 0. The first-order chi connectivity index (χ1) is 11.0. The molecule has 23 heavy (non-hydrogen) atoms. The average Bonchev–Trinajstić information content (AvgIpc) is 2.86. The molecule has 0 bridgehead atoms. The van der Waals surface area contributed by atoms with E-state index in [0.717, 1.165) is 43.0 Å². The smallest absolute Gasteiger partial charge is 0.253 e. The second-order valence-electron chi connectivity index (χ2n) is 6.69. The Morgan fingerprint density at radius 3 is 2.83 bits per heavy atom. The van der Waals surface area contributed by atoms with E-state index < -0.39 is 0 Å². The van der Waals surface area contributed by atoms with Gasteiger partial charge in [0.1, 0.15) is 5.82 Å². The van der Waals surface area contributed by atoms with Gasteiger partial charge in [-0.15, -0.1) is 0 Å². The number of likely N-dealkylation sites (tertiary alicyclic amines) is 1. The number of carbonyl (C=O) groups is 1. The summed E-state index contributed by atoms with van der Waals surface area (Å²) in [7, 11) is 0. The van der Waals surface area contributed by atoms with E-state index in [2.05, 4.69) is 16.5 Å². The van der Waals surface area contributed by atoms with Crippen molar-refractivity contribution in [3.05, 3.63) is 53.1 Å². The molecule has 2 aromatic rings. The Kier molecular flexibility index (Phi) is 4.51. The van der Waals surface area contributed by atoms with Gasteiger partial charge in [-0.05, 0) is 51.7 Å². The molecule has 1 atom stereocenters. The van der Waals surface area contributed by atoms with Crippen molar-refractivity contribution in [3.63, 3.8) is 0 Å². The first-order valence-electron chi connectivity index (χ1n) is 8.39. The van der Waals surface area contributed by atoms with E-state index in [4.69, 9.17) is 0 Å². The molecule has 3 rings (SSSR count). The quantitative estimate of drug-likeness (QED) is 0.872. The zero-order chi connectivity index (χ0) is 16.4. The molecule has 122 valence electrons. The fraction of sp³-hybridized carbons (Fsp3) is 0.474. The lowest BCUT2D eigenvalue weighted by atomic mass is 9.97. The number of aryl methyl sites for hydroxylation is 3. The van der Waals surface area contributed by atoms with Crippen LogP contribution in [0.5, 0.6) is 0 Å². The molecule has 1 aliphatic rings. The number of hydrogen-bond donors (Lipinski definition) is 0. The van der Waals surface area contributed by atoms with Gasteiger partial charge in [-0.2, -0.15) is 0 Å². The van der Waals surface area contributed by atoms with E-state index in [0.29, 0.717) is 5.92 Å². The molecule has 0 aliphatic carbocycles. The lowest BCUT2D eigenvalue weighted by molar-refractivity contribution is 0.0661. The Bertz CT molecular complexity index is 685. The van der Waals surface area contributed by atoms with E-state index in [1.807, 2.05) is 49.2 Å². The number of aromatic nitrogens is 2. The Morgan fingerprint density at radius 2 is 2.13 bits per heavy atom. The number of hydrogen-bond acceptors (Lipinski definition) is 2. The largest absolute Gasteiger partial charge is 0.338 e. The number of carbonyl (C=O) groups excluding carboxylic acids is 1. The van der Waals surface area contributed by atoms with Crippen molar-refractivity contribution in [2.24, 2.45) is 5.92 Å². The minimum atomic E-state index is 0.164. The zero-order valence-corrected chi connectivity index (χ0v) is 14.2. The molecule has 0 saturated carbocycles. The van der Waals surface area contributed by atoms with Crippen molar-refractivity contribution in [3.8, 4) is 0 Å². The SMILES string of the molecule is Cc1cccc(C(=O)N2CCCC(Cn3c(C)cnc3C)C2)c1. The van der Waals surface area contributed by atoms with E-state index in [9.17, 15) is 4.79 Å². The van der Waals surface area contributed by atoms with Gasteiger partial charge < -0.3 is 9.47 Å². The molecule has 1 amide bonds. The van der Waals surface area contributed by atoms with Crippen LogP contribution in [0.4, 0.5) is 0 Å². The molecule has 1 unspecified atom stereocenters. The fourth-order valence-corrected chi connectivity index (χ4v) is 3.47. The maximum Gasteiger partial charge on any atom is 0.253 e. The van der Waals surface area contributed by atoms with Crippen LogP contribution in [0.2, 0.25) is 0 Å². The van der Waals surface area contributed by atoms with E-state index in [1.54, 1.807) is 0 Å². The van der Waals surface area contributed by atoms with Crippen LogP contribution in [-0.4, -0.2) is 33.4 Å². The third-order valence-electron chi connectivity index (χ3n) is 4.77. The van der Waals surface area contributed by atoms with Crippen molar-refractivity contribution in [2.75, 3.05) is 13.1 Å². The summed E-state index contributed by atoms with van der Waals surface area (Å²) in [6, 6.07) is 7.89. The normalized spacial score (nSPS) is 18.2. The van der Waals surface area contributed by atoms with Gasteiger partial charge in [0, 0.05) is 37.1 Å². The lowest BCUT2D eigenvalue weighted by Crippen LogP contribution is -2.41. The summed E-state index contributed by atoms with van der Waals surface area (Å²) in [5, 5.41) is 0. The summed E-state index contributed by atoms with van der Waals surface area (Å²) in [5.74, 6) is 1.73. The first-order valence-corrected chi connectivity index (χ1v) is 8.39. The minimum Gasteiger partial charge on any atom is -0.338 e. The van der Waals surface area contributed by atoms with Gasteiger partial charge in [-0.3, -0.25) is 4.79 Å². The molecule has 2 heterocycles. The monoisotopic (exact) mass is 311 g/mol. The van der Waals surface area contributed by atoms with Crippen molar-refractivity contribution in [1.29, 1.82) is 0 Å². The van der Waals surface area contributed by atoms with Gasteiger partial charge in [0.15, 0.2) is 0 Å². The highest BCUT2D eigenvalue weighted by Gasteiger charge is 2.25. The third kappa shape index (κ3) is 3.46. The second-order valence-corrected chi connectivity index (χ2v) is 6.69. The highest BCUT2D eigenvalue weighted by Crippen LogP contribution is 2.21. The second kappa shape index (κ2) is 6.57. The number of imidazole rings is 1. The molecule has 0 N–H and O–H groups in total. The number of nitrogens with zero attached hydrogens (tertiary/aromatic N) is 3. The number of benzene rings is 1.